The van der Waals surface area contributed by atoms with E-state index in [2.05, 4.69) is 20.8 Å². The fourth-order valence-corrected chi connectivity index (χ4v) is 8.30. The molecule has 0 aromatic heterocycles. The third-order valence-corrected chi connectivity index (χ3v) is 10.4. The van der Waals surface area contributed by atoms with Gasteiger partial charge in [-0.2, -0.15) is 0 Å². The maximum atomic E-state index is 12.8. The van der Waals surface area contributed by atoms with Crippen LogP contribution in [0.2, 0.25) is 5.04 Å². The molecule has 0 amide bonds. The van der Waals surface area contributed by atoms with Gasteiger partial charge in [0.05, 0.1) is 6.42 Å². The van der Waals surface area contributed by atoms with E-state index in [-0.39, 0.29) is 18.1 Å². The third kappa shape index (κ3) is 6.52. The number of hydrogen-bond donors (Lipinski definition) is 1. The Morgan fingerprint density at radius 2 is 1.36 bits per heavy atom. The van der Waals surface area contributed by atoms with Crippen molar-refractivity contribution < 1.29 is 33.4 Å². The van der Waals surface area contributed by atoms with Crippen LogP contribution in [0.15, 0.2) is 60.7 Å². The normalized spacial score (nSPS) is 13.6. The van der Waals surface area contributed by atoms with Gasteiger partial charge in [0.2, 0.25) is 0 Å². The van der Waals surface area contributed by atoms with E-state index in [0.717, 1.165) is 10.4 Å². The molecule has 2 aromatic carbocycles. The average molecular weight is 473 g/mol. The van der Waals surface area contributed by atoms with Crippen LogP contribution in [0, 0.1) is 0 Å². The van der Waals surface area contributed by atoms with Crippen LogP contribution in [0.5, 0.6) is 0 Å². The molecule has 33 heavy (non-hydrogen) atoms. The second kappa shape index (κ2) is 11.2. The van der Waals surface area contributed by atoms with Crippen molar-refractivity contribution in [1.29, 1.82) is 0 Å². The maximum Gasteiger partial charge on any atom is 0.344 e. The van der Waals surface area contributed by atoms with E-state index >= 15 is 0 Å². The minimum absolute atomic E-state index is 0.224. The number of carboxylic acid groups (broad SMARTS) is 1. The van der Waals surface area contributed by atoms with Crippen molar-refractivity contribution in [2.45, 2.75) is 58.3 Å². The van der Waals surface area contributed by atoms with Crippen LogP contribution in [-0.4, -0.2) is 50.1 Å². The fourth-order valence-electron chi connectivity index (χ4n) is 3.66. The first-order valence-electron chi connectivity index (χ1n) is 10.9. The highest BCUT2D eigenvalue weighted by Crippen LogP contribution is 2.37. The predicted octanol–water partition coefficient (Wildman–Crippen LogP) is 2.90. The Morgan fingerprint density at radius 3 is 1.79 bits per heavy atom. The van der Waals surface area contributed by atoms with Gasteiger partial charge in [0, 0.05) is 0 Å². The molecule has 0 radical (unpaired) electrons. The molecular formula is C25H32O7Si. The number of benzene rings is 2. The predicted molar refractivity (Wildman–Crippen MR) is 127 cm³/mol. The Kier molecular flexibility index (Phi) is 8.96. The van der Waals surface area contributed by atoms with Crippen molar-refractivity contribution in [3.05, 3.63) is 60.7 Å². The molecule has 0 saturated heterocycles. The minimum Gasteiger partial charge on any atom is -0.479 e. The standard InChI is InChI=1S/C25H32O7Si/c1-18(23(27)28)31-22(26)16-17-30-24(29)19(2)32-33(25(3,4)5,20-12-8-6-9-13-20)21-14-10-7-11-15-21/h6-15,18-19H,16-17H2,1-5H3,(H,27,28). The molecule has 178 valence electrons. The molecule has 0 aliphatic heterocycles. The molecule has 2 unspecified atom stereocenters. The van der Waals surface area contributed by atoms with Crippen molar-refractivity contribution in [1.82, 2.24) is 0 Å². The smallest absolute Gasteiger partial charge is 0.344 e. The Bertz CT molecular complexity index is 899. The number of esters is 2. The zero-order valence-electron chi connectivity index (χ0n) is 19.7. The lowest BCUT2D eigenvalue weighted by molar-refractivity contribution is -0.164. The third-order valence-electron chi connectivity index (χ3n) is 5.31. The highest BCUT2D eigenvalue weighted by molar-refractivity contribution is 6.99. The van der Waals surface area contributed by atoms with Crippen molar-refractivity contribution >= 4 is 36.6 Å². The monoisotopic (exact) mass is 472 g/mol. The molecule has 0 saturated carbocycles. The van der Waals surface area contributed by atoms with Crippen LogP contribution in [0.3, 0.4) is 0 Å². The van der Waals surface area contributed by atoms with Crippen LogP contribution < -0.4 is 10.4 Å². The average Bonchev–Trinajstić information content (AvgIpc) is 2.77. The molecule has 0 heterocycles. The van der Waals surface area contributed by atoms with Crippen LogP contribution in [-0.2, 0) is 28.3 Å². The molecule has 2 atom stereocenters. The van der Waals surface area contributed by atoms with E-state index in [4.69, 9.17) is 19.0 Å². The number of carbonyl (C=O) groups is 3. The summed E-state index contributed by atoms with van der Waals surface area (Å²) in [7, 11) is -2.93. The van der Waals surface area contributed by atoms with Crippen molar-refractivity contribution in [2.24, 2.45) is 0 Å². The van der Waals surface area contributed by atoms with Crippen LogP contribution in [0.1, 0.15) is 41.0 Å². The Balaban J connectivity index is 2.20. The number of carbonyl (C=O) groups excluding carboxylic acids is 2. The van der Waals surface area contributed by atoms with Gasteiger partial charge in [-0.3, -0.25) is 4.79 Å². The largest absolute Gasteiger partial charge is 0.479 e. The van der Waals surface area contributed by atoms with Crippen molar-refractivity contribution in [3.8, 4) is 0 Å². The van der Waals surface area contributed by atoms with E-state index in [0.29, 0.717) is 0 Å². The van der Waals surface area contributed by atoms with E-state index in [1.54, 1.807) is 6.92 Å². The van der Waals surface area contributed by atoms with Crippen LogP contribution in [0.4, 0.5) is 0 Å². The van der Waals surface area contributed by atoms with Gasteiger partial charge in [-0.15, -0.1) is 0 Å². The number of rotatable bonds is 10. The molecule has 0 bridgehead atoms. The molecule has 8 heteroatoms. The summed E-state index contributed by atoms with van der Waals surface area (Å²) in [6.07, 6.45) is -2.38. The van der Waals surface area contributed by atoms with Crippen molar-refractivity contribution in [2.75, 3.05) is 6.61 Å². The topological polar surface area (TPSA) is 99.1 Å². The molecule has 0 aliphatic carbocycles. The molecule has 0 spiro atoms. The Morgan fingerprint density at radius 1 is 0.879 bits per heavy atom. The van der Waals surface area contributed by atoms with Crippen molar-refractivity contribution in [3.63, 3.8) is 0 Å². The molecule has 0 aliphatic rings. The minimum atomic E-state index is -2.93. The van der Waals surface area contributed by atoms with Crippen LogP contribution >= 0.6 is 0 Å². The summed E-state index contributed by atoms with van der Waals surface area (Å²) < 4.78 is 16.7. The van der Waals surface area contributed by atoms with Crippen LogP contribution in [0.25, 0.3) is 0 Å². The first-order chi connectivity index (χ1) is 15.5. The Labute approximate surface area is 195 Å². The number of carboxylic acids is 1. The summed E-state index contributed by atoms with van der Waals surface area (Å²) in [6.45, 7) is 9.00. The lowest BCUT2D eigenvalue weighted by Crippen LogP contribution is -2.68. The number of hydrogen-bond acceptors (Lipinski definition) is 6. The first kappa shape index (κ1) is 26.3. The van der Waals surface area contributed by atoms with E-state index in [1.807, 2.05) is 60.7 Å². The second-order valence-electron chi connectivity index (χ2n) is 8.81. The quantitative estimate of drug-likeness (QED) is 0.419. The molecule has 0 fully saturated rings. The van der Waals surface area contributed by atoms with Gasteiger partial charge in [-0.05, 0) is 29.3 Å². The summed E-state index contributed by atoms with van der Waals surface area (Å²) in [4.78, 5) is 35.3. The van der Waals surface area contributed by atoms with Gasteiger partial charge >= 0.3 is 17.9 Å². The molecule has 2 rings (SSSR count). The van der Waals surface area contributed by atoms with E-state index < -0.39 is 38.4 Å². The highest BCUT2D eigenvalue weighted by atomic mass is 28.4. The second-order valence-corrected chi connectivity index (χ2v) is 13.1. The summed E-state index contributed by atoms with van der Waals surface area (Å²) >= 11 is 0. The first-order valence-corrected chi connectivity index (χ1v) is 12.8. The van der Waals surface area contributed by atoms with E-state index in [9.17, 15) is 14.4 Å². The molecule has 7 nitrogen and oxygen atoms in total. The lowest BCUT2D eigenvalue weighted by Gasteiger charge is -2.44. The van der Waals surface area contributed by atoms with Gasteiger partial charge in [0.25, 0.3) is 8.32 Å². The SMILES string of the molecule is CC(OC(=O)CCOC(=O)C(C)O[Si](c1ccccc1)(c1ccccc1)C(C)(C)C)C(=O)O. The van der Waals surface area contributed by atoms with E-state index in [1.165, 1.54) is 6.92 Å². The zero-order valence-corrected chi connectivity index (χ0v) is 20.7. The summed E-state index contributed by atoms with van der Waals surface area (Å²) in [6, 6.07) is 19.8. The zero-order chi connectivity index (χ0) is 24.6. The fraction of sp³-hybridized carbons (Fsp3) is 0.400. The lowest BCUT2D eigenvalue weighted by atomic mass is 10.2. The number of aliphatic carboxylic acids is 1. The van der Waals surface area contributed by atoms with Gasteiger partial charge in [-0.1, -0.05) is 81.4 Å². The maximum absolute atomic E-state index is 12.8. The Hall–Kier alpha value is -2.97. The van der Waals surface area contributed by atoms with Gasteiger partial charge in [0.15, 0.2) is 6.10 Å². The summed E-state index contributed by atoms with van der Waals surface area (Å²) in [5, 5.41) is 10.6. The van der Waals surface area contributed by atoms with Gasteiger partial charge < -0.3 is 19.0 Å². The van der Waals surface area contributed by atoms with Gasteiger partial charge in [0.1, 0.15) is 12.7 Å². The number of ether oxygens (including phenoxy) is 2. The summed E-state index contributed by atoms with van der Waals surface area (Å²) in [5.41, 5.74) is 0. The molecular weight excluding hydrogens is 440 g/mol. The summed E-state index contributed by atoms with van der Waals surface area (Å²) in [5.74, 6) is -2.59. The highest BCUT2D eigenvalue weighted by Gasteiger charge is 2.51. The molecule has 2 aromatic rings. The molecule has 1 N–H and O–H groups in total. The van der Waals surface area contributed by atoms with Gasteiger partial charge in [-0.25, -0.2) is 9.59 Å².